The Labute approximate surface area is 181 Å². The molecule has 1 aromatic heterocycles. The number of esters is 1. The zero-order valence-electron chi connectivity index (χ0n) is 17.8. The molecular formula is C24H27N3O4. The molecule has 31 heavy (non-hydrogen) atoms. The highest BCUT2D eigenvalue weighted by Crippen LogP contribution is 2.36. The van der Waals surface area contributed by atoms with Crippen LogP contribution in [-0.4, -0.2) is 61.5 Å². The topological polar surface area (TPSA) is 68.0 Å². The van der Waals surface area contributed by atoms with Crippen LogP contribution in [0.3, 0.4) is 0 Å². The number of piperidine rings is 1. The highest BCUT2D eigenvalue weighted by Gasteiger charge is 2.44. The predicted molar refractivity (Wildman–Crippen MR) is 118 cm³/mol. The van der Waals surface area contributed by atoms with E-state index in [0.717, 1.165) is 55.1 Å². The van der Waals surface area contributed by atoms with Crippen molar-refractivity contribution in [2.24, 2.45) is 0 Å². The third kappa shape index (κ3) is 3.74. The lowest BCUT2D eigenvalue weighted by Crippen LogP contribution is -2.66. The number of carbonyl (C=O) groups excluding carboxylic acids is 1. The summed E-state index contributed by atoms with van der Waals surface area (Å²) in [7, 11) is 1.39. The van der Waals surface area contributed by atoms with Gasteiger partial charge in [-0.05, 0) is 55.8 Å². The van der Waals surface area contributed by atoms with Crippen molar-refractivity contribution in [3.8, 4) is 5.75 Å². The zero-order valence-corrected chi connectivity index (χ0v) is 17.8. The van der Waals surface area contributed by atoms with Crippen LogP contribution in [0.5, 0.6) is 5.75 Å². The van der Waals surface area contributed by atoms with Gasteiger partial charge in [-0.25, -0.2) is 4.79 Å². The van der Waals surface area contributed by atoms with E-state index in [9.17, 15) is 4.79 Å². The highest BCUT2D eigenvalue weighted by molar-refractivity contribution is 5.89. The fraction of sp³-hybridized carbons (Fsp3) is 0.417. The first kappa shape index (κ1) is 19.9. The molecule has 3 heterocycles. The Hall–Kier alpha value is -3.06. The molecule has 0 radical (unpaired) electrons. The molecule has 0 bridgehead atoms. The number of rotatable bonds is 5. The van der Waals surface area contributed by atoms with Gasteiger partial charge in [-0.3, -0.25) is 4.90 Å². The summed E-state index contributed by atoms with van der Waals surface area (Å²) in [5.41, 5.74) is 1.27. The summed E-state index contributed by atoms with van der Waals surface area (Å²) < 4.78 is 16.6. The summed E-state index contributed by atoms with van der Waals surface area (Å²) in [4.78, 5) is 16.6. The lowest BCUT2D eigenvalue weighted by molar-refractivity contribution is -0.00119. The molecule has 2 aliphatic rings. The van der Waals surface area contributed by atoms with Gasteiger partial charge in [-0.2, -0.15) is 0 Å². The quantitative estimate of drug-likeness (QED) is 0.582. The second-order valence-corrected chi connectivity index (χ2v) is 8.40. The van der Waals surface area contributed by atoms with Gasteiger partial charge in [-0.15, -0.1) is 0 Å². The van der Waals surface area contributed by atoms with E-state index in [2.05, 4.69) is 21.0 Å². The number of aromatic nitrogens is 1. The van der Waals surface area contributed by atoms with Crippen molar-refractivity contribution >= 4 is 22.8 Å². The third-order valence-corrected chi connectivity index (χ3v) is 6.56. The second-order valence-electron chi connectivity index (χ2n) is 8.40. The minimum atomic E-state index is -0.341. The summed E-state index contributed by atoms with van der Waals surface area (Å²) in [6, 6.07) is 15.2. The number of anilines is 1. The van der Waals surface area contributed by atoms with E-state index in [4.69, 9.17) is 14.0 Å². The van der Waals surface area contributed by atoms with E-state index in [-0.39, 0.29) is 11.5 Å². The van der Waals surface area contributed by atoms with Crippen LogP contribution in [-0.2, 0) is 4.74 Å². The number of methoxy groups -OCH3 is 1. The molecule has 5 rings (SSSR count). The van der Waals surface area contributed by atoms with Crippen LogP contribution in [0.4, 0.5) is 5.82 Å². The standard InChI is InChI=1S/C24H27N3O4/c1-29-23(28)18-8-10-19(11-9-18)30-17-24-12-4-5-13-27(24)15-14-26(16-24)22-20-6-2-3-7-21(20)31-25-22/h2-3,6-11H,4-5,12-17H2,1H3. The maximum Gasteiger partial charge on any atom is 0.337 e. The zero-order chi connectivity index (χ0) is 21.3. The van der Waals surface area contributed by atoms with Crippen LogP contribution >= 0.6 is 0 Å². The Morgan fingerprint density at radius 1 is 1.10 bits per heavy atom. The van der Waals surface area contributed by atoms with E-state index in [1.807, 2.05) is 30.3 Å². The predicted octanol–water partition coefficient (Wildman–Crippen LogP) is 3.74. The minimum Gasteiger partial charge on any atom is -0.492 e. The van der Waals surface area contributed by atoms with Crippen molar-refractivity contribution < 1.29 is 18.8 Å². The van der Waals surface area contributed by atoms with Gasteiger partial charge in [0.05, 0.1) is 23.6 Å². The Morgan fingerprint density at radius 3 is 2.77 bits per heavy atom. The molecule has 2 fully saturated rings. The monoisotopic (exact) mass is 421 g/mol. The van der Waals surface area contributed by atoms with Gasteiger partial charge in [0.15, 0.2) is 11.4 Å². The Bertz CT molecular complexity index is 1060. The summed E-state index contributed by atoms with van der Waals surface area (Å²) in [6.07, 6.45) is 3.50. The molecule has 2 aromatic carbocycles. The molecule has 0 aliphatic carbocycles. The molecule has 2 saturated heterocycles. The molecule has 0 N–H and O–H groups in total. The smallest absolute Gasteiger partial charge is 0.337 e. The average molecular weight is 421 g/mol. The number of piperazine rings is 1. The molecule has 7 heteroatoms. The van der Waals surface area contributed by atoms with Crippen LogP contribution in [0, 0.1) is 0 Å². The van der Waals surface area contributed by atoms with E-state index in [0.29, 0.717) is 12.2 Å². The first-order valence-electron chi connectivity index (χ1n) is 10.8. The van der Waals surface area contributed by atoms with Crippen molar-refractivity contribution in [1.82, 2.24) is 10.1 Å². The van der Waals surface area contributed by atoms with Gasteiger partial charge in [0.2, 0.25) is 0 Å². The molecule has 162 valence electrons. The maximum absolute atomic E-state index is 11.7. The number of para-hydroxylation sites is 1. The average Bonchev–Trinajstić information content (AvgIpc) is 3.26. The van der Waals surface area contributed by atoms with Crippen molar-refractivity contribution in [3.63, 3.8) is 0 Å². The number of hydrogen-bond acceptors (Lipinski definition) is 7. The fourth-order valence-electron chi connectivity index (χ4n) is 4.87. The maximum atomic E-state index is 11.7. The number of hydrogen-bond donors (Lipinski definition) is 0. The van der Waals surface area contributed by atoms with E-state index >= 15 is 0 Å². The normalized spacial score (nSPS) is 21.6. The summed E-state index contributed by atoms with van der Waals surface area (Å²) >= 11 is 0. The third-order valence-electron chi connectivity index (χ3n) is 6.56. The van der Waals surface area contributed by atoms with Crippen molar-refractivity contribution in [3.05, 3.63) is 54.1 Å². The first-order chi connectivity index (χ1) is 15.2. The van der Waals surface area contributed by atoms with Gasteiger partial charge >= 0.3 is 5.97 Å². The number of nitrogens with zero attached hydrogens (tertiary/aromatic N) is 3. The molecule has 0 amide bonds. The summed E-state index contributed by atoms with van der Waals surface area (Å²) in [5, 5.41) is 5.44. The van der Waals surface area contributed by atoms with E-state index in [1.165, 1.54) is 20.0 Å². The number of fused-ring (bicyclic) bond motifs is 2. The fourth-order valence-corrected chi connectivity index (χ4v) is 4.87. The van der Waals surface area contributed by atoms with E-state index in [1.54, 1.807) is 12.1 Å². The van der Waals surface area contributed by atoms with Gasteiger partial charge < -0.3 is 18.9 Å². The van der Waals surface area contributed by atoms with Crippen molar-refractivity contribution in [2.45, 2.75) is 24.8 Å². The van der Waals surface area contributed by atoms with E-state index < -0.39 is 0 Å². The van der Waals surface area contributed by atoms with Crippen molar-refractivity contribution in [1.29, 1.82) is 0 Å². The summed E-state index contributed by atoms with van der Waals surface area (Å²) in [5.74, 6) is 1.34. The molecule has 1 unspecified atom stereocenters. The van der Waals surface area contributed by atoms with Crippen molar-refractivity contribution in [2.75, 3.05) is 44.8 Å². The molecule has 1 atom stereocenters. The number of benzene rings is 2. The SMILES string of the molecule is COC(=O)c1ccc(OCC23CCCCN2CCN(c2noc4ccccc24)C3)cc1. The highest BCUT2D eigenvalue weighted by atomic mass is 16.5. The first-order valence-corrected chi connectivity index (χ1v) is 10.8. The largest absolute Gasteiger partial charge is 0.492 e. The van der Waals surface area contributed by atoms with Crippen LogP contribution in [0.15, 0.2) is 53.1 Å². The molecule has 0 saturated carbocycles. The van der Waals surface area contributed by atoms with Crippen LogP contribution in [0.25, 0.3) is 11.0 Å². The van der Waals surface area contributed by atoms with Gasteiger partial charge in [-0.1, -0.05) is 23.7 Å². The van der Waals surface area contributed by atoms with Gasteiger partial charge in [0.25, 0.3) is 0 Å². The molecular weight excluding hydrogens is 394 g/mol. The lowest BCUT2D eigenvalue weighted by atomic mass is 9.84. The number of carbonyl (C=O) groups is 1. The Balaban J connectivity index is 1.36. The van der Waals surface area contributed by atoms with Crippen LogP contribution in [0.2, 0.25) is 0 Å². The van der Waals surface area contributed by atoms with Crippen LogP contribution in [0.1, 0.15) is 29.6 Å². The van der Waals surface area contributed by atoms with Gasteiger partial charge in [0.1, 0.15) is 12.4 Å². The molecule has 0 spiro atoms. The van der Waals surface area contributed by atoms with Crippen LogP contribution < -0.4 is 9.64 Å². The molecule has 3 aromatic rings. The lowest BCUT2D eigenvalue weighted by Gasteiger charge is -2.53. The Kier molecular flexibility index (Phi) is 5.28. The number of ether oxygens (including phenoxy) is 2. The summed E-state index contributed by atoms with van der Waals surface area (Å²) in [6.45, 7) is 4.44. The minimum absolute atomic E-state index is 0.0719. The molecule has 7 nitrogen and oxygen atoms in total. The molecule has 2 aliphatic heterocycles. The Morgan fingerprint density at radius 2 is 1.94 bits per heavy atom. The second kappa shape index (κ2) is 8.23. The van der Waals surface area contributed by atoms with Gasteiger partial charge in [0, 0.05) is 19.6 Å².